The first kappa shape index (κ1) is 11.2. The topological polar surface area (TPSA) is 102 Å². The number of hydrogen-bond acceptors (Lipinski definition) is 4. The maximum atomic E-state index is 10.2. The molecule has 0 bridgehead atoms. The van der Waals surface area contributed by atoms with Gasteiger partial charge in [0.15, 0.2) is 0 Å². The monoisotopic (exact) mass is 192 g/mol. The van der Waals surface area contributed by atoms with E-state index >= 15 is 0 Å². The minimum Gasteiger partial charge on any atom is -0.478 e. The lowest BCUT2D eigenvalue weighted by atomic mass is 10.4. The third-order valence-electron chi connectivity index (χ3n) is 1.25. The first-order valence-corrected chi connectivity index (χ1v) is 4.95. The fraction of sp³-hybridized carbons (Fsp3) is 0.333. The van der Waals surface area contributed by atoms with E-state index in [2.05, 4.69) is 6.58 Å². The highest BCUT2D eigenvalue weighted by atomic mass is 31.2. The lowest BCUT2D eigenvalue weighted by Crippen LogP contribution is -2.11. The Morgan fingerprint density at radius 1 is 1.58 bits per heavy atom. The van der Waals surface area contributed by atoms with Crippen molar-refractivity contribution in [1.82, 2.24) is 0 Å². The molecule has 0 fully saturated rings. The number of carboxylic acid groups (broad SMARTS) is 1. The Bertz CT molecular complexity index is 236. The first-order valence-electron chi connectivity index (χ1n) is 3.07. The maximum absolute atomic E-state index is 10.2. The number of carbonyl (C=O) groups is 1. The molecule has 68 valence electrons. The van der Waals surface area contributed by atoms with Crippen LogP contribution in [-0.4, -0.2) is 32.5 Å². The standard InChI is InChI=1S/C6H10NO4P/c1-4(6(8)9)3-12(10,11)5(2)7/h7,10-11H,1,3H2,2H3/p+1. The number of hydrogen-bond donors (Lipinski definition) is 4. The quantitative estimate of drug-likeness (QED) is 0.295. The molecule has 12 heavy (non-hydrogen) atoms. The Kier molecular flexibility index (Phi) is 3.52. The van der Waals surface area contributed by atoms with E-state index in [1.807, 2.05) is 0 Å². The van der Waals surface area contributed by atoms with Gasteiger partial charge in [-0.15, -0.1) is 0 Å². The van der Waals surface area contributed by atoms with Gasteiger partial charge in [0, 0.05) is 6.92 Å². The van der Waals surface area contributed by atoms with Gasteiger partial charge >= 0.3 is 13.7 Å². The maximum Gasteiger partial charge on any atom is 0.334 e. The molecule has 0 aromatic heterocycles. The molecule has 0 amide bonds. The van der Waals surface area contributed by atoms with Crippen molar-refractivity contribution in [3.05, 3.63) is 12.2 Å². The zero-order valence-electron chi connectivity index (χ0n) is 6.61. The van der Waals surface area contributed by atoms with Gasteiger partial charge in [-0.1, -0.05) is 6.58 Å². The molecule has 0 aliphatic carbocycles. The molecule has 0 heterocycles. The summed E-state index contributed by atoms with van der Waals surface area (Å²) in [5, 5.41) is 15.3. The summed E-state index contributed by atoms with van der Waals surface area (Å²) in [6.07, 6.45) is -0.447. The van der Waals surface area contributed by atoms with Crippen LogP contribution in [0.3, 0.4) is 0 Å². The minimum atomic E-state index is -3.52. The van der Waals surface area contributed by atoms with E-state index in [1.165, 1.54) is 6.92 Å². The van der Waals surface area contributed by atoms with Crippen LogP contribution >= 0.6 is 7.72 Å². The van der Waals surface area contributed by atoms with Gasteiger partial charge in [0.2, 0.25) is 5.45 Å². The van der Waals surface area contributed by atoms with Gasteiger partial charge < -0.3 is 5.11 Å². The van der Waals surface area contributed by atoms with Crippen molar-refractivity contribution >= 4 is 19.1 Å². The largest absolute Gasteiger partial charge is 0.478 e. The second-order valence-electron chi connectivity index (χ2n) is 2.38. The van der Waals surface area contributed by atoms with E-state index < -0.39 is 19.8 Å². The highest BCUT2D eigenvalue weighted by Gasteiger charge is 2.39. The molecule has 0 saturated heterocycles. The van der Waals surface area contributed by atoms with Crippen LogP contribution in [0.25, 0.3) is 0 Å². The highest BCUT2D eigenvalue weighted by Crippen LogP contribution is 2.51. The summed E-state index contributed by atoms with van der Waals surface area (Å²) in [6.45, 7) is 4.36. The summed E-state index contributed by atoms with van der Waals surface area (Å²) in [5.74, 6) is -1.27. The number of rotatable bonds is 4. The van der Waals surface area contributed by atoms with E-state index in [0.29, 0.717) is 0 Å². The van der Waals surface area contributed by atoms with Crippen LogP contribution in [0.2, 0.25) is 0 Å². The van der Waals surface area contributed by atoms with Gasteiger partial charge in [-0.3, -0.25) is 5.41 Å². The van der Waals surface area contributed by atoms with Gasteiger partial charge in [0.25, 0.3) is 0 Å². The van der Waals surface area contributed by atoms with E-state index in [1.54, 1.807) is 0 Å². The van der Waals surface area contributed by atoms with E-state index in [0.717, 1.165) is 0 Å². The van der Waals surface area contributed by atoms with Crippen molar-refractivity contribution in [1.29, 1.82) is 5.41 Å². The van der Waals surface area contributed by atoms with Crippen LogP contribution in [0.15, 0.2) is 12.2 Å². The molecule has 0 aromatic carbocycles. The number of carboxylic acids is 1. The van der Waals surface area contributed by atoms with Crippen molar-refractivity contribution in [3.8, 4) is 0 Å². The highest BCUT2D eigenvalue weighted by molar-refractivity contribution is 7.81. The molecule has 5 nitrogen and oxygen atoms in total. The van der Waals surface area contributed by atoms with Crippen LogP contribution in [0.5, 0.6) is 0 Å². The average Bonchev–Trinajstić information content (AvgIpc) is 1.85. The Morgan fingerprint density at radius 2 is 2.00 bits per heavy atom. The number of aliphatic carboxylic acids is 1. The zero-order chi connectivity index (χ0) is 9.94. The van der Waals surface area contributed by atoms with Crippen molar-refractivity contribution in [3.63, 3.8) is 0 Å². The molecule has 0 radical (unpaired) electrons. The number of nitrogens with one attached hydrogen (secondary N) is 1. The third-order valence-corrected chi connectivity index (χ3v) is 3.15. The fourth-order valence-electron chi connectivity index (χ4n) is 0.452. The molecule has 0 aliphatic rings. The van der Waals surface area contributed by atoms with Gasteiger partial charge in [-0.25, -0.2) is 14.6 Å². The summed E-state index contributed by atoms with van der Waals surface area (Å²) in [7, 11) is -3.52. The van der Waals surface area contributed by atoms with E-state index in [4.69, 9.17) is 20.3 Å². The van der Waals surface area contributed by atoms with Gasteiger partial charge in [-0.2, -0.15) is 0 Å². The molecule has 4 N–H and O–H groups in total. The molecule has 0 aromatic rings. The van der Waals surface area contributed by atoms with Crippen molar-refractivity contribution in [2.75, 3.05) is 6.16 Å². The van der Waals surface area contributed by atoms with Crippen LogP contribution in [-0.2, 0) is 4.79 Å². The normalized spacial score (nSPS) is 10.9. The molecular formula is C6H11NO4P+. The summed E-state index contributed by atoms with van der Waals surface area (Å²) >= 11 is 0. The first-order chi connectivity index (χ1) is 5.27. The molecule has 0 unspecified atom stereocenters. The van der Waals surface area contributed by atoms with Crippen LogP contribution in [0.4, 0.5) is 0 Å². The smallest absolute Gasteiger partial charge is 0.334 e. The Morgan fingerprint density at radius 3 is 2.25 bits per heavy atom. The summed E-state index contributed by atoms with van der Waals surface area (Å²) < 4.78 is 0. The second-order valence-corrected chi connectivity index (χ2v) is 4.83. The Hall–Kier alpha value is -0.770. The Labute approximate surface area is 70.4 Å². The Balaban J connectivity index is 4.35. The SMILES string of the molecule is C=C(C[P+](O)(O)C(C)=N)C(=O)O. The van der Waals surface area contributed by atoms with Gasteiger partial charge in [0.05, 0.1) is 5.57 Å². The van der Waals surface area contributed by atoms with Crippen molar-refractivity contribution < 1.29 is 19.7 Å². The predicted octanol–water partition coefficient (Wildman–Crippen LogP) is 0.457. The van der Waals surface area contributed by atoms with Crippen molar-refractivity contribution in [2.45, 2.75) is 6.92 Å². The summed E-state index contributed by atoms with van der Waals surface area (Å²) in [4.78, 5) is 28.5. The van der Waals surface area contributed by atoms with Crippen molar-refractivity contribution in [2.24, 2.45) is 0 Å². The van der Waals surface area contributed by atoms with Gasteiger partial charge in [0.1, 0.15) is 6.16 Å². The molecule has 0 atom stereocenters. The predicted molar refractivity (Wildman–Crippen MR) is 46.4 cm³/mol. The van der Waals surface area contributed by atoms with Crippen LogP contribution < -0.4 is 0 Å². The van der Waals surface area contributed by atoms with Crippen LogP contribution in [0, 0.1) is 5.41 Å². The molecule has 6 heteroatoms. The molecule has 0 saturated carbocycles. The minimum absolute atomic E-state index is 0.292. The lowest BCUT2D eigenvalue weighted by Gasteiger charge is -2.09. The van der Waals surface area contributed by atoms with E-state index in [-0.39, 0.29) is 11.0 Å². The lowest BCUT2D eigenvalue weighted by molar-refractivity contribution is -0.132. The van der Waals surface area contributed by atoms with Gasteiger partial charge in [-0.05, 0) is 0 Å². The third kappa shape index (κ3) is 3.09. The van der Waals surface area contributed by atoms with E-state index in [9.17, 15) is 4.79 Å². The fourth-order valence-corrected chi connectivity index (χ4v) is 1.36. The summed E-state index contributed by atoms with van der Waals surface area (Å²) in [6, 6.07) is 0. The summed E-state index contributed by atoms with van der Waals surface area (Å²) in [5.41, 5.74) is -0.593. The molecular weight excluding hydrogens is 181 g/mol. The molecule has 0 aliphatic heterocycles. The second kappa shape index (κ2) is 3.76. The molecule has 0 rings (SSSR count). The zero-order valence-corrected chi connectivity index (χ0v) is 7.51. The van der Waals surface area contributed by atoms with Crippen LogP contribution in [0.1, 0.15) is 6.92 Å². The average molecular weight is 192 g/mol. The molecule has 0 spiro atoms.